The molecule has 1 spiro atoms. The zero-order valence-electron chi connectivity index (χ0n) is 17.9. The van der Waals surface area contributed by atoms with Crippen LogP contribution in [0.3, 0.4) is 0 Å². The maximum atomic E-state index is 15.7. The minimum absolute atomic E-state index is 0.228. The summed E-state index contributed by atoms with van der Waals surface area (Å²) in [7, 11) is -2.27. The highest BCUT2D eigenvalue weighted by molar-refractivity contribution is 7.01. The average molecular weight is 439 g/mol. The molecule has 0 atom stereocenters. The van der Waals surface area contributed by atoms with Gasteiger partial charge in [-0.15, -0.1) is 0 Å². The summed E-state index contributed by atoms with van der Waals surface area (Å²) in [5.74, 6) is -4.71. The Morgan fingerprint density at radius 2 is 1.32 bits per heavy atom. The Kier molecular flexibility index (Phi) is 3.95. The van der Waals surface area contributed by atoms with E-state index in [1.54, 1.807) is 0 Å². The number of fused-ring (bicyclic) bond motifs is 6. The number of hydrogen-bond donors (Lipinski definition) is 0. The summed E-state index contributed by atoms with van der Waals surface area (Å²) in [4.78, 5) is 12.9. The fourth-order valence-electron chi connectivity index (χ4n) is 5.17. The molecule has 0 unspecified atom stereocenters. The molecule has 2 heterocycles. The molecule has 2 aliphatic rings. The summed E-state index contributed by atoms with van der Waals surface area (Å²) < 4.78 is 50.9. The fourth-order valence-corrected chi connectivity index (χ4v) is 8.51. The van der Waals surface area contributed by atoms with Gasteiger partial charge in [0.25, 0.3) is 0 Å². The summed E-state index contributed by atoms with van der Waals surface area (Å²) in [5, 5.41) is 1.99. The molecule has 0 bridgehead atoms. The molecule has 2 aliphatic heterocycles. The molecule has 3 aromatic carbocycles. The van der Waals surface area contributed by atoms with E-state index in [0.29, 0.717) is 11.1 Å². The zero-order valence-corrected chi connectivity index (χ0v) is 18.9. The standard InChI is InChI=1S/C25H21F3O2Si/c1-12-6-8-15-17(10-12)31(4,5)18-11-13(2)7-9-16(18)25(15)20-19(24(29)30-25)23(28)22(27)14(3)21(20)26/h6-11H,1-5H3. The quantitative estimate of drug-likeness (QED) is 0.291. The minimum Gasteiger partial charge on any atom is -0.440 e. The van der Waals surface area contributed by atoms with Crippen LogP contribution in [0.1, 0.15) is 43.7 Å². The van der Waals surface area contributed by atoms with Gasteiger partial charge in [-0.25, -0.2) is 18.0 Å². The lowest BCUT2D eigenvalue weighted by molar-refractivity contribution is 0.0247. The van der Waals surface area contributed by atoms with Crippen molar-refractivity contribution in [2.45, 2.75) is 39.5 Å². The normalized spacial score (nSPS) is 17.2. The van der Waals surface area contributed by atoms with Crippen molar-refractivity contribution in [3.05, 3.63) is 92.8 Å². The number of esters is 1. The van der Waals surface area contributed by atoms with E-state index in [-0.39, 0.29) is 5.56 Å². The topological polar surface area (TPSA) is 26.3 Å². The lowest BCUT2D eigenvalue weighted by atomic mass is 9.78. The van der Waals surface area contributed by atoms with Crippen LogP contribution in [0.25, 0.3) is 0 Å². The Morgan fingerprint density at radius 3 is 1.84 bits per heavy atom. The van der Waals surface area contributed by atoms with Gasteiger partial charge in [-0.3, -0.25) is 0 Å². The fraction of sp³-hybridized carbons (Fsp3) is 0.240. The molecule has 6 heteroatoms. The highest BCUT2D eigenvalue weighted by Crippen LogP contribution is 2.51. The van der Waals surface area contributed by atoms with Gasteiger partial charge in [0.05, 0.1) is 5.56 Å². The van der Waals surface area contributed by atoms with Crippen molar-refractivity contribution in [1.82, 2.24) is 0 Å². The van der Waals surface area contributed by atoms with Crippen LogP contribution in [-0.4, -0.2) is 14.0 Å². The Hall–Kier alpha value is -2.86. The molecule has 158 valence electrons. The van der Waals surface area contributed by atoms with Crippen LogP contribution in [0.5, 0.6) is 0 Å². The largest absolute Gasteiger partial charge is 0.440 e. The van der Waals surface area contributed by atoms with Gasteiger partial charge in [-0.2, -0.15) is 0 Å². The molecule has 0 N–H and O–H groups in total. The van der Waals surface area contributed by atoms with Crippen LogP contribution in [-0.2, 0) is 10.3 Å². The number of aryl methyl sites for hydroxylation is 2. The summed E-state index contributed by atoms with van der Waals surface area (Å²) in [6, 6.07) is 11.5. The second-order valence-corrected chi connectivity index (χ2v) is 13.4. The number of carbonyl (C=O) groups excluding carboxylic acids is 1. The molecule has 0 radical (unpaired) electrons. The second kappa shape index (κ2) is 6.10. The molecule has 0 fully saturated rings. The smallest absolute Gasteiger partial charge is 0.343 e. The number of hydrogen-bond acceptors (Lipinski definition) is 2. The Bertz CT molecular complexity index is 1270. The third-order valence-corrected chi connectivity index (χ3v) is 10.3. The highest BCUT2D eigenvalue weighted by atomic mass is 28.3. The van der Waals surface area contributed by atoms with Crippen molar-refractivity contribution >= 4 is 24.4 Å². The molecule has 3 aromatic rings. The maximum Gasteiger partial charge on any atom is 0.343 e. The van der Waals surface area contributed by atoms with E-state index >= 15 is 4.39 Å². The number of halogens is 3. The predicted octanol–water partition coefficient (Wildman–Crippen LogP) is 4.63. The van der Waals surface area contributed by atoms with Gasteiger partial charge in [0.15, 0.2) is 17.2 Å². The van der Waals surface area contributed by atoms with E-state index in [2.05, 4.69) is 13.1 Å². The van der Waals surface area contributed by atoms with Crippen molar-refractivity contribution in [2.24, 2.45) is 0 Å². The Labute approximate surface area is 179 Å². The van der Waals surface area contributed by atoms with E-state index in [4.69, 9.17) is 4.74 Å². The van der Waals surface area contributed by atoms with Crippen molar-refractivity contribution in [1.29, 1.82) is 0 Å². The first-order valence-corrected chi connectivity index (χ1v) is 13.2. The number of carbonyl (C=O) groups is 1. The number of ether oxygens (including phenoxy) is 1. The molecule has 5 rings (SSSR count). The van der Waals surface area contributed by atoms with Crippen LogP contribution < -0.4 is 10.4 Å². The summed E-state index contributed by atoms with van der Waals surface area (Å²) in [5.41, 5.74) is 0.316. The SMILES string of the molecule is Cc1ccc2c(c1)[Si](C)(C)c1cc(C)ccc1C21OC(=O)c2c(F)c(F)c(C)c(F)c21. The minimum atomic E-state index is -2.27. The maximum absolute atomic E-state index is 15.7. The number of benzene rings is 3. The zero-order chi connectivity index (χ0) is 22.5. The van der Waals surface area contributed by atoms with Crippen molar-refractivity contribution in [2.75, 3.05) is 0 Å². The van der Waals surface area contributed by atoms with Gasteiger partial charge in [-0.05, 0) is 31.1 Å². The lowest BCUT2D eigenvalue weighted by Gasteiger charge is -2.44. The van der Waals surface area contributed by atoms with Gasteiger partial charge in [-0.1, -0.05) is 60.6 Å². The molecule has 0 saturated heterocycles. The Morgan fingerprint density at radius 1 is 0.806 bits per heavy atom. The molecule has 0 aliphatic carbocycles. The van der Waals surface area contributed by atoms with Crippen LogP contribution in [0, 0.1) is 38.2 Å². The number of rotatable bonds is 0. The van der Waals surface area contributed by atoms with E-state index in [1.165, 1.54) is 6.92 Å². The molecular weight excluding hydrogens is 417 g/mol. The molecule has 0 amide bonds. The average Bonchev–Trinajstić information content (AvgIpc) is 3.03. The summed E-state index contributed by atoms with van der Waals surface area (Å²) in [6.07, 6.45) is 0. The van der Waals surface area contributed by atoms with E-state index in [1.807, 2.05) is 50.2 Å². The predicted molar refractivity (Wildman–Crippen MR) is 115 cm³/mol. The molecule has 0 saturated carbocycles. The van der Waals surface area contributed by atoms with Crippen LogP contribution in [0.2, 0.25) is 13.1 Å². The van der Waals surface area contributed by atoms with Crippen LogP contribution in [0.15, 0.2) is 36.4 Å². The van der Waals surface area contributed by atoms with Gasteiger partial charge in [0, 0.05) is 16.7 Å². The van der Waals surface area contributed by atoms with Crippen molar-refractivity contribution < 1.29 is 22.7 Å². The first-order chi connectivity index (χ1) is 14.5. The van der Waals surface area contributed by atoms with E-state index in [9.17, 15) is 13.6 Å². The van der Waals surface area contributed by atoms with Crippen molar-refractivity contribution in [3.63, 3.8) is 0 Å². The molecular formula is C25H21F3O2Si. The monoisotopic (exact) mass is 438 g/mol. The summed E-state index contributed by atoms with van der Waals surface area (Å²) in [6.45, 7) is 9.51. The van der Waals surface area contributed by atoms with E-state index in [0.717, 1.165) is 21.5 Å². The second-order valence-electron chi connectivity index (χ2n) is 9.11. The van der Waals surface area contributed by atoms with Crippen molar-refractivity contribution in [3.8, 4) is 0 Å². The molecule has 31 heavy (non-hydrogen) atoms. The Balaban J connectivity index is 2.03. The first-order valence-electron chi connectivity index (χ1n) is 10.2. The van der Waals surface area contributed by atoms with Gasteiger partial charge in [0.2, 0.25) is 0 Å². The first kappa shape index (κ1) is 20.1. The van der Waals surface area contributed by atoms with Crippen LogP contribution in [0.4, 0.5) is 13.2 Å². The highest BCUT2D eigenvalue weighted by Gasteiger charge is 2.58. The van der Waals surface area contributed by atoms with Crippen LogP contribution >= 0.6 is 0 Å². The summed E-state index contributed by atoms with van der Waals surface area (Å²) >= 11 is 0. The van der Waals surface area contributed by atoms with Gasteiger partial charge in [0.1, 0.15) is 19.5 Å². The van der Waals surface area contributed by atoms with Gasteiger partial charge >= 0.3 is 5.97 Å². The lowest BCUT2D eigenvalue weighted by Crippen LogP contribution is -2.63. The molecule has 2 nitrogen and oxygen atoms in total. The third-order valence-electron chi connectivity index (χ3n) is 6.80. The molecule has 0 aromatic heterocycles. The van der Waals surface area contributed by atoms with Gasteiger partial charge < -0.3 is 4.74 Å². The third kappa shape index (κ3) is 2.31. The van der Waals surface area contributed by atoms with E-state index < -0.39 is 48.2 Å².